The minimum Gasteiger partial charge on any atom is -0.484 e. The molecule has 9 heteroatoms. The zero-order valence-electron chi connectivity index (χ0n) is 21.5. The first-order chi connectivity index (χ1) is 17.3. The van der Waals surface area contributed by atoms with E-state index in [0.717, 1.165) is 19.3 Å². The second-order valence-corrected chi connectivity index (χ2v) is 9.82. The zero-order valence-corrected chi connectivity index (χ0v) is 21.5. The van der Waals surface area contributed by atoms with E-state index in [4.69, 9.17) is 13.9 Å². The topological polar surface area (TPSA) is 75.0 Å². The van der Waals surface area contributed by atoms with Gasteiger partial charge in [-0.1, -0.05) is 31.9 Å². The highest BCUT2D eigenvalue weighted by Crippen LogP contribution is 2.36. The Kier molecular flexibility index (Phi) is 8.25. The SMILES string of the molecule is CCCCCc1ccc(-c2cc3ccc(OC(C)(C)C(C)(C)OC=O)cc3oc2=O)c(OC(F)(F)F)c1. The third-order valence-corrected chi connectivity index (χ3v) is 6.50. The first-order valence-electron chi connectivity index (χ1n) is 12.0. The highest BCUT2D eigenvalue weighted by molar-refractivity contribution is 5.84. The van der Waals surface area contributed by atoms with Crippen molar-refractivity contribution >= 4 is 17.4 Å². The predicted molar refractivity (Wildman–Crippen MR) is 134 cm³/mol. The summed E-state index contributed by atoms with van der Waals surface area (Å²) in [4.78, 5) is 23.7. The van der Waals surface area contributed by atoms with Crippen molar-refractivity contribution in [2.45, 2.75) is 77.9 Å². The van der Waals surface area contributed by atoms with E-state index in [1.165, 1.54) is 24.3 Å². The fourth-order valence-corrected chi connectivity index (χ4v) is 3.76. The van der Waals surface area contributed by atoms with Gasteiger partial charge in [-0.2, -0.15) is 0 Å². The minimum absolute atomic E-state index is 0.0126. The summed E-state index contributed by atoms with van der Waals surface area (Å²) in [5.74, 6) is -0.0965. The zero-order chi connectivity index (χ0) is 27.4. The smallest absolute Gasteiger partial charge is 0.484 e. The van der Waals surface area contributed by atoms with E-state index in [0.29, 0.717) is 29.6 Å². The molecule has 3 aromatic rings. The van der Waals surface area contributed by atoms with Crippen molar-refractivity contribution in [3.63, 3.8) is 0 Å². The normalized spacial score (nSPS) is 12.4. The molecule has 0 spiro atoms. The van der Waals surface area contributed by atoms with Crippen LogP contribution >= 0.6 is 0 Å². The third-order valence-electron chi connectivity index (χ3n) is 6.50. The van der Waals surface area contributed by atoms with Crippen LogP contribution in [0, 0.1) is 0 Å². The molecule has 0 atom stereocenters. The number of ether oxygens (including phenoxy) is 3. The van der Waals surface area contributed by atoms with Crippen LogP contribution in [0.2, 0.25) is 0 Å². The van der Waals surface area contributed by atoms with Crippen molar-refractivity contribution in [2.24, 2.45) is 0 Å². The van der Waals surface area contributed by atoms with E-state index in [2.05, 4.69) is 4.74 Å². The molecule has 0 fully saturated rings. The highest BCUT2D eigenvalue weighted by atomic mass is 19.4. The molecular formula is C28H31F3O6. The van der Waals surface area contributed by atoms with Crippen molar-refractivity contribution in [1.29, 1.82) is 0 Å². The maximum absolute atomic E-state index is 13.2. The Labute approximate surface area is 213 Å². The molecule has 1 aromatic heterocycles. The van der Waals surface area contributed by atoms with Crippen molar-refractivity contribution in [2.75, 3.05) is 0 Å². The molecule has 37 heavy (non-hydrogen) atoms. The highest BCUT2D eigenvalue weighted by Gasteiger charge is 2.41. The largest absolute Gasteiger partial charge is 0.573 e. The fraction of sp³-hybridized carbons (Fsp3) is 0.429. The lowest BCUT2D eigenvalue weighted by molar-refractivity contribution is -0.274. The van der Waals surface area contributed by atoms with E-state index >= 15 is 0 Å². The second-order valence-electron chi connectivity index (χ2n) is 9.82. The molecule has 0 unspecified atom stereocenters. The fourth-order valence-electron chi connectivity index (χ4n) is 3.76. The number of fused-ring (bicyclic) bond motifs is 1. The van der Waals surface area contributed by atoms with Gasteiger partial charge in [0.1, 0.15) is 28.3 Å². The molecule has 1 heterocycles. The number of hydrogen-bond acceptors (Lipinski definition) is 6. The van der Waals surface area contributed by atoms with E-state index in [1.54, 1.807) is 45.9 Å². The summed E-state index contributed by atoms with van der Waals surface area (Å²) in [5.41, 5.74) is -1.92. The average molecular weight is 521 g/mol. The Bertz CT molecular complexity index is 1310. The average Bonchev–Trinajstić information content (AvgIpc) is 2.78. The van der Waals surface area contributed by atoms with Crippen LogP contribution in [0.5, 0.6) is 11.5 Å². The van der Waals surface area contributed by atoms with Gasteiger partial charge < -0.3 is 18.6 Å². The predicted octanol–water partition coefficient (Wildman–Crippen LogP) is 7.20. The Balaban J connectivity index is 2.00. The lowest BCUT2D eigenvalue weighted by Gasteiger charge is -2.39. The van der Waals surface area contributed by atoms with Crippen LogP contribution in [0.3, 0.4) is 0 Å². The number of alkyl halides is 3. The van der Waals surface area contributed by atoms with Crippen molar-refractivity contribution < 1.29 is 36.6 Å². The summed E-state index contributed by atoms with van der Waals surface area (Å²) in [7, 11) is 0. The second kappa shape index (κ2) is 10.9. The van der Waals surface area contributed by atoms with Crippen LogP contribution in [-0.4, -0.2) is 24.0 Å². The van der Waals surface area contributed by atoms with Gasteiger partial charge >= 0.3 is 12.0 Å². The van der Waals surface area contributed by atoms with E-state index < -0.39 is 28.9 Å². The van der Waals surface area contributed by atoms with Gasteiger partial charge in [-0.05, 0) is 70.4 Å². The van der Waals surface area contributed by atoms with E-state index in [1.807, 2.05) is 6.92 Å². The number of aryl methyl sites for hydroxylation is 1. The number of benzene rings is 2. The molecule has 0 radical (unpaired) electrons. The first kappa shape index (κ1) is 28.1. The molecule has 2 aromatic carbocycles. The van der Waals surface area contributed by atoms with E-state index in [9.17, 15) is 22.8 Å². The van der Waals surface area contributed by atoms with Crippen LogP contribution in [0.1, 0.15) is 59.4 Å². The van der Waals surface area contributed by atoms with Gasteiger partial charge in [0.2, 0.25) is 0 Å². The molecule has 0 N–H and O–H groups in total. The standard InChI is InChI=1S/C28H31F3O6/c1-6-7-8-9-18-10-13-21(24(14-18)37-28(29,30)31)22-15-19-11-12-20(16-23(19)35-25(22)33)36-27(4,5)26(2,3)34-17-32/h10-17H,6-9H2,1-5H3. The lowest BCUT2D eigenvalue weighted by atomic mass is 9.89. The molecule has 0 aliphatic rings. The van der Waals surface area contributed by atoms with Gasteiger partial charge in [0.25, 0.3) is 6.47 Å². The first-order valence-corrected chi connectivity index (χ1v) is 12.0. The van der Waals surface area contributed by atoms with Gasteiger partial charge in [0.05, 0.1) is 5.56 Å². The van der Waals surface area contributed by atoms with Crippen LogP contribution in [-0.2, 0) is 16.0 Å². The molecule has 0 saturated carbocycles. The van der Waals surface area contributed by atoms with Gasteiger partial charge in [-0.3, -0.25) is 4.79 Å². The Morgan fingerprint density at radius 1 is 0.892 bits per heavy atom. The summed E-state index contributed by atoms with van der Waals surface area (Å²) < 4.78 is 60.5. The van der Waals surface area contributed by atoms with Crippen LogP contribution < -0.4 is 15.1 Å². The number of hydrogen-bond donors (Lipinski definition) is 0. The quantitative estimate of drug-likeness (QED) is 0.151. The summed E-state index contributed by atoms with van der Waals surface area (Å²) in [6, 6.07) is 10.7. The van der Waals surface area contributed by atoms with Crippen molar-refractivity contribution in [3.05, 3.63) is 58.4 Å². The Morgan fingerprint density at radius 3 is 2.27 bits per heavy atom. The number of rotatable bonds is 11. The monoisotopic (exact) mass is 520 g/mol. The Hall–Kier alpha value is -3.49. The number of unbranched alkanes of at least 4 members (excludes halogenated alkanes) is 2. The van der Waals surface area contributed by atoms with Crippen molar-refractivity contribution in [1.82, 2.24) is 0 Å². The summed E-state index contributed by atoms with van der Waals surface area (Å²) in [5, 5.41) is 0.480. The van der Waals surface area contributed by atoms with Gasteiger partial charge in [-0.15, -0.1) is 13.2 Å². The molecule has 6 nitrogen and oxygen atoms in total. The van der Waals surface area contributed by atoms with Crippen LogP contribution in [0.4, 0.5) is 13.2 Å². The van der Waals surface area contributed by atoms with Gasteiger partial charge in [-0.25, -0.2) is 4.79 Å². The van der Waals surface area contributed by atoms with Gasteiger partial charge in [0, 0.05) is 17.0 Å². The molecule has 0 amide bonds. The molecule has 0 aliphatic carbocycles. The molecular weight excluding hydrogens is 489 g/mol. The Morgan fingerprint density at radius 2 is 1.62 bits per heavy atom. The minimum atomic E-state index is -4.92. The molecule has 0 aliphatic heterocycles. The van der Waals surface area contributed by atoms with Crippen LogP contribution in [0.15, 0.2) is 51.7 Å². The summed E-state index contributed by atoms with van der Waals surface area (Å²) in [6.45, 7) is 9.27. The number of carbonyl (C=O) groups excluding carboxylic acids is 1. The van der Waals surface area contributed by atoms with Crippen LogP contribution in [0.25, 0.3) is 22.1 Å². The summed E-state index contributed by atoms with van der Waals surface area (Å²) in [6.07, 6.45) is -1.55. The molecule has 0 bridgehead atoms. The summed E-state index contributed by atoms with van der Waals surface area (Å²) >= 11 is 0. The molecule has 0 saturated heterocycles. The van der Waals surface area contributed by atoms with E-state index in [-0.39, 0.29) is 16.7 Å². The third kappa shape index (κ3) is 6.84. The maximum atomic E-state index is 13.2. The number of carbonyl (C=O) groups is 1. The maximum Gasteiger partial charge on any atom is 0.573 e. The van der Waals surface area contributed by atoms with Crippen molar-refractivity contribution in [3.8, 4) is 22.6 Å². The molecule has 200 valence electrons. The van der Waals surface area contributed by atoms with Gasteiger partial charge in [0.15, 0.2) is 0 Å². The molecule has 3 rings (SSSR count). The lowest BCUT2D eigenvalue weighted by Crippen LogP contribution is -2.51. The number of halogens is 3.